The summed E-state index contributed by atoms with van der Waals surface area (Å²) < 4.78 is 28.4. The normalized spacial score (nSPS) is 20.6. The predicted molar refractivity (Wildman–Crippen MR) is 264 cm³/mol. The molecule has 3 N–H and O–H groups in total. The fraction of sp³-hybridized carbons (Fsp3) is 0.362. The molecule has 2 bridgehead atoms. The second-order valence-corrected chi connectivity index (χ2v) is 19.7. The fourth-order valence-corrected chi connectivity index (χ4v) is 11.3. The smallest absolute Gasteiger partial charge is 0.379 e. The molecule has 1 aromatic heterocycles. The summed E-state index contributed by atoms with van der Waals surface area (Å²) in [5.41, 5.74) is 1.37. The van der Waals surface area contributed by atoms with Gasteiger partial charge in [0.05, 0.1) is 68.6 Å². The second-order valence-electron chi connectivity index (χ2n) is 17.2. The van der Waals surface area contributed by atoms with E-state index in [0.29, 0.717) is 83.6 Å². The van der Waals surface area contributed by atoms with Crippen molar-refractivity contribution in [1.29, 1.82) is 0 Å². The van der Waals surface area contributed by atoms with Crippen LogP contribution in [0.15, 0.2) is 82.5 Å². The number of oxime groups is 1. The molecule has 0 saturated carbocycles. The maximum absolute atomic E-state index is 14.5. The minimum atomic E-state index is -1.48. The molecule has 5 atom stereocenters. The highest BCUT2D eigenvalue weighted by molar-refractivity contribution is 8.00. The molecule has 3 radical (unpaired) electrons. The van der Waals surface area contributed by atoms with Gasteiger partial charge in [0.15, 0.2) is 29.0 Å². The van der Waals surface area contributed by atoms with Gasteiger partial charge in [-0.2, -0.15) is 0 Å². The Labute approximate surface area is 429 Å². The molecule has 4 aliphatic heterocycles. The largest absolute Gasteiger partial charge is 0.539 e. The van der Waals surface area contributed by atoms with Crippen LogP contribution in [0.5, 0.6) is 23.0 Å². The van der Waals surface area contributed by atoms with Crippen LogP contribution in [-0.2, 0) is 46.7 Å². The third-order valence-electron chi connectivity index (χ3n) is 12.8. The molecule has 0 spiro atoms. The van der Waals surface area contributed by atoms with E-state index in [1.54, 1.807) is 33.3 Å². The SMILES string of the molecule is [B]OC(=O)C1=C(C[N@@+]23CC[C@@H](C2)N(C(=O)c2ccc(OCc4ccc(OC)cc4)c(OCc4ccc(OC)cc4)c2Cl)CC3)CS[C@@H]2[C@H](NC(=O)/C(=N\O[C@@H](CNC=O)C(=O)[B]O)c3csc(C)n3)C(=O)N12. The van der Waals surface area contributed by atoms with Gasteiger partial charge in [0.2, 0.25) is 6.41 Å². The van der Waals surface area contributed by atoms with Gasteiger partial charge in [-0.05, 0) is 54.4 Å². The molecule has 5 heterocycles. The molecule has 3 saturated heterocycles. The molecule has 8 rings (SSSR count). The number of fused-ring (bicyclic) bond motifs is 3. The summed E-state index contributed by atoms with van der Waals surface area (Å²) in [7, 11) is 8.89. The van der Waals surface area contributed by atoms with Crippen molar-refractivity contribution in [3.05, 3.63) is 110 Å². The van der Waals surface area contributed by atoms with Gasteiger partial charge in [0, 0.05) is 23.1 Å². The Kier molecular flexibility index (Phi) is 16.4. The minimum absolute atomic E-state index is 0.00825. The summed E-state index contributed by atoms with van der Waals surface area (Å²) in [6, 6.07) is 16.9. The number of β-lactam (4-membered cyclic amide) rings is 1. The third kappa shape index (κ3) is 11.1. The predicted octanol–water partition coefficient (Wildman–Crippen LogP) is 2.28. The van der Waals surface area contributed by atoms with Crippen LogP contribution in [0, 0.1) is 6.92 Å². The number of carbonyl (C=O) groups is 6. The third-order valence-corrected chi connectivity index (χ3v) is 15.3. The quantitative estimate of drug-likeness (QED) is 0.0256. The summed E-state index contributed by atoms with van der Waals surface area (Å²) in [4.78, 5) is 91.5. The van der Waals surface area contributed by atoms with Crippen molar-refractivity contribution in [1.82, 2.24) is 25.4 Å². The van der Waals surface area contributed by atoms with Gasteiger partial charge in [0.1, 0.15) is 54.1 Å². The maximum atomic E-state index is 14.5. The zero-order valence-corrected chi connectivity index (χ0v) is 41.6. The van der Waals surface area contributed by atoms with Gasteiger partial charge in [0.25, 0.3) is 17.7 Å². The van der Waals surface area contributed by atoms with E-state index in [9.17, 15) is 33.8 Å². The molecule has 4 amide bonds. The lowest BCUT2D eigenvalue weighted by Crippen LogP contribution is -2.71. The van der Waals surface area contributed by atoms with Crippen LogP contribution in [0.25, 0.3) is 0 Å². The number of thiazole rings is 1. The number of nitrogens with zero attached hydrogens (tertiary/aromatic N) is 5. The zero-order chi connectivity index (χ0) is 51.1. The number of aryl methyl sites for hydroxylation is 1. The van der Waals surface area contributed by atoms with Gasteiger partial charge in [-0.15, -0.1) is 23.1 Å². The summed E-state index contributed by atoms with van der Waals surface area (Å²) in [5.74, 6) is -0.381. The number of piperazine rings is 1. The average Bonchev–Trinajstić information content (AvgIpc) is 3.98. The van der Waals surface area contributed by atoms with Gasteiger partial charge in [-0.3, -0.25) is 24.1 Å². The first-order valence-electron chi connectivity index (χ1n) is 22.5. The number of methoxy groups -OCH3 is 2. The second kappa shape index (κ2) is 22.9. The Balaban J connectivity index is 0.963. The van der Waals surface area contributed by atoms with Crippen LogP contribution in [0.1, 0.15) is 38.6 Å². The monoisotopic (exact) mass is 1040 g/mol. The summed E-state index contributed by atoms with van der Waals surface area (Å²) in [6.07, 6.45) is -0.498. The molecule has 373 valence electrons. The Morgan fingerprint density at radius 1 is 1.03 bits per heavy atom. The van der Waals surface area contributed by atoms with Crippen molar-refractivity contribution in [2.45, 2.75) is 50.1 Å². The number of rotatable bonds is 22. The lowest BCUT2D eigenvalue weighted by atomic mass is 9.89. The molecule has 0 unspecified atom stereocenters. The number of thioether (sulfide) groups is 1. The average molecular weight is 1040 g/mol. The van der Waals surface area contributed by atoms with Crippen LogP contribution in [0.3, 0.4) is 0 Å². The number of carbonyl (C=O) groups excluding carboxylic acids is 6. The molecular formula is C47H48B2ClN7O13S2+. The lowest BCUT2D eigenvalue weighted by Gasteiger charge is -2.50. The van der Waals surface area contributed by atoms with Crippen molar-refractivity contribution in [2.24, 2.45) is 5.16 Å². The summed E-state index contributed by atoms with van der Waals surface area (Å²) >= 11 is 9.65. The van der Waals surface area contributed by atoms with Crippen molar-refractivity contribution in [2.75, 3.05) is 59.2 Å². The molecule has 20 nitrogen and oxygen atoms in total. The van der Waals surface area contributed by atoms with Crippen molar-refractivity contribution >= 4 is 91.7 Å². The lowest BCUT2D eigenvalue weighted by molar-refractivity contribution is -0.916. The first-order chi connectivity index (χ1) is 34.8. The van der Waals surface area contributed by atoms with Gasteiger partial charge in [-0.25, -0.2) is 9.78 Å². The van der Waals surface area contributed by atoms with Crippen LogP contribution >= 0.6 is 34.7 Å². The van der Waals surface area contributed by atoms with E-state index in [1.165, 1.54) is 33.4 Å². The Morgan fingerprint density at radius 2 is 1.72 bits per heavy atom. The number of nitrogens with one attached hydrogen (secondary N) is 2. The van der Waals surface area contributed by atoms with E-state index < -0.39 is 41.0 Å². The number of ether oxygens (including phenoxy) is 4. The molecule has 0 aliphatic carbocycles. The fourth-order valence-electron chi connectivity index (χ4n) is 9.05. The molecule has 4 aromatic rings. The van der Waals surface area contributed by atoms with Crippen molar-refractivity contribution in [3.8, 4) is 23.0 Å². The first kappa shape index (κ1) is 51.8. The van der Waals surface area contributed by atoms with Crippen LogP contribution in [0.4, 0.5) is 0 Å². The topological polar surface area (TPSA) is 234 Å². The molecule has 3 aromatic carbocycles. The van der Waals surface area contributed by atoms with E-state index in [2.05, 4.69) is 20.8 Å². The van der Waals surface area contributed by atoms with Gasteiger partial charge in [-0.1, -0.05) is 41.0 Å². The Morgan fingerprint density at radius 3 is 2.35 bits per heavy atom. The van der Waals surface area contributed by atoms with Gasteiger partial charge >= 0.3 is 21.5 Å². The highest BCUT2D eigenvalue weighted by Crippen LogP contribution is 2.44. The number of amides is 4. The number of hydrogen-bond acceptors (Lipinski definition) is 17. The molecular weight excluding hydrogens is 992 g/mol. The number of aromatic nitrogens is 1. The van der Waals surface area contributed by atoms with Crippen LogP contribution in [-0.4, -0.2) is 164 Å². The van der Waals surface area contributed by atoms with E-state index >= 15 is 0 Å². The minimum Gasteiger partial charge on any atom is -0.539 e. The molecule has 72 heavy (non-hydrogen) atoms. The maximum Gasteiger partial charge on any atom is 0.379 e. The van der Waals surface area contributed by atoms with E-state index in [0.717, 1.165) is 11.1 Å². The number of halogens is 1. The highest BCUT2D eigenvalue weighted by Gasteiger charge is 2.56. The number of benzene rings is 3. The van der Waals surface area contributed by atoms with Crippen LogP contribution < -0.4 is 29.6 Å². The summed E-state index contributed by atoms with van der Waals surface area (Å²) in [6.45, 7) is 4.19. The highest BCUT2D eigenvalue weighted by atomic mass is 35.5. The molecule has 3 fully saturated rings. The molecule has 4 aliphatic rings. The Hall–Kier alpha value is -6.59. The summed E-state index contributed by atoms with van der Waals surface area (Å²) in [5, 5.41) is 19.6. The Bertz CT molecular complexity index is 2790. The number of quaternary nitrogens is 1. The van der Waals surface area contributed by atoms with Crippen molar-refractivity contribution in [3.63, 3.8) is 0 Å². The first-order valence-corrected chi connectivity index (χ1v) is 24.8. The van der Waals surface area contributed by atoms with E-state index in [1.807, 2.05) is 53.4 Å². The zero-order valence-electron chi connectivity index (χ0n) is 39.2. The van der Waals surface area contributed by atoms with Gasteiger partial charge < -0.3 is 58.3 Å². The standard InChI is InChI=1S/C47H47B2ClN7O13S2/c1-26-52-34(24-71-26)38(54-70-36(18-51-25-58)42(59)49-64)43(60)53-39-45(62)56-40(47(63)69-48)29(23-72-46(39)56)19-57-16-14-30(20-57)55(15-17-57)44(61)33-12-13-35(67-21-27-4-8-31(65-2)9-5-27)41(37(33)50)68-22-28-6-10-32(66-3)11-7-28/h4-13,24-25,30,36,39,46,64H,14-23H2,1-3H3,(H-,51,53,58,60)/p+1/b54-38-/t30-,36-,39+,46+,57-/m0/s1. The number of hydrogen-bond donors (Lipinski definition) is 3. The van der Waals surface area contributed by atoms with E-state index in [4.69, 9.17) is 48.1 Å². The molecule has 25 heteroatoms. The van der Waals surface area contributed by atoms with E-state index in [-0.39, 0.29) is 72.6 Å². The van der Waals surface area contributed by atoms with Crippen LogP contribution in [0.2, 0.25) is 5.02 Å². The van der Waals surface area contributed by atoms with Crippen molar-refractivity contribution < 1.29 is 66.7 Å².